The van der Waals surface area contributed by atoms with Gasteiger partial charge in [-0.2, -0.15) is 5.10 Å². The lowest BCUT2D eigenvalue weighted by molar-refractivity contribution is -0.122. The molecule has 2 amide bonds. The minimum atomic E-state index is -0.789. The first-order valence-electron chi connectivity index (χ1n) is 9.95. The van der Waals surface area contributed by atoms with E-state index in [0.29, 0.717) is 17.2 Å². The Balaban J connectivity index is 1.37. The third-order valence-corrected chi connectivity index (χ3v) is 5.58. The van der Waals surface area contributed by atoms with E-state index in [1.165, 1.54) is 17.5 Å². The molecule has 1 aromatic carbocycles. The van der Waals surface area contributed by atoms with Gasteiger partial charge in [-0.05, 0) is 44.4 Å². The maximum atomic E-state index is 12.9. The molecule has 0 atom stereocenters. The second-order valence-corrected chi connectivity index (χ2v) is 8.12. The first-order valence-corrected chi connectivity index (χ1v) is 9.95. The maximum absolute atomic E-state index is 12.9. The van der Waals surface area contributed by atoms with Gasteiger partial charge in [0.25, 0.3) is 0 Å². The predicted octanol–water partition coefficient (Wildman–Crippen LogP) is 2.59. The van der Waals surface area contributed by atoms with Crippen molar-refractivity contribution in [3.05, 3.63) is 36.2 Å². The zero-order valence-corrected chi connectivity index (χ0v) is 16.7. The summed E-state index contributed by atoms with van der Waals surface area (Å²) in [5.41, 5.74) is 0.586. The van der Waals surface area contributed by atoms with Gasteiger partial charge in [0, 0.05) is 12.2 Å². The average molecular weight is 398 g/mol. The van der Waals surface area contributed by atoms with Gasteiger partial charge in [-0.1, -0.05) is 18.9 Å². The van der Waals surface area contributed by atoms with Gasteiger partial charge in [-0.25, -0.2) is 0 Å². The molecule has 1 saturated carbocycles. The van der Waals surface area contributed by atoms with Crippen LogP contribution in [0.1, 0.15) is 45.1 Å². The lowest BCUT2D eigenvalue weighted by Gasteiger charge is -2.24. The van der Waals surface area contributed by atoms with Crippen molar-refractivity contribution in [2.75, 3.05) is 12.1 Å². The van der Waals surface area contributed by atoms with E-state index in [-0.39, 0.29) is 31.2 Å². The topological polar surface area (TPSA) is 94.5 Å². The fourth-order valence-corrected chi connectivity index (χ4v) is 3.71. The van der Waals surface area contributed by atoms with Gasteiger partial charge in [0.1, 0.15) is 6.54 Å². The van der Waals surface area contributed by atoms with Gasteiger partial charge < -0.3 is 20.1 Å². The molecule has 8 heteroatoms. The summed E-state index contributed by atoms with van der Waals surface area (Å²) in [6.07, 6.45) is 7.64. The molecular formula is C21H26N4O4. The highest BCUT2D eigenvalue weighted by molar-refractivity contribution is 5.98. The van der Waals surface area contributed by atoms with Crippen molar-refractivity contribution in [1.82, 2.24) is 15.1 Å². The molecule has 1 fully saturated rings. The average Bonchev–Trinajstić information content (AvgIpc) is 3.43. The zero-order valence-electron chi connectivity index (χ0n) is 16.7. The molecule has 2 aromatic rings. The number of rotatable bonds is 6. The highest BCUT2D eigenvalue weighted by atomic mass is 16.7. The Labute approximate surface area is 169 Å². The lowest BCUT2D eigenvalue weighted by atomic mass is 9.83. The number of benzene rings is 1. The summed E-state index contributed by atoms with van der Waals surface area (Å²) >= 11 is 0. The van der Waals surface area contributed by atoms with E-state index in [9.17, 15) is 9.59 Å². The van der Waals surface area contributed by atoms with Crippen molar-refractivity contribution in [2.45, 2.75) is 57.5 Å². The molecule has 4 rings (SSSR count). The molecule has 0 radical (unpaired) electrons. The van der Waals surface area contributed by atoms with E-state index in [2.05, 4.69) is 15.7 Å². The number of aromatic nitrogens is 2. The van der Waals surface area contributed by atoms with E-state index in [1.807, 2.05) is 32.0 Å². The second kappa shape index (κ2) is 7.77. The molecule has 154 valence electrons. The number of hydrogen-bond acceptors (Lipinski definition) is 5. The van der Waals surface area contributed by atoms with E-state index in [0.717, 1.165) is 18.4 Å². The highest BCUT2D eigenvalue weighted by Crippen LogP contribution is 2.36. The van der Waals surface area contributed by atoms with Crippen LogP contribution in [0.5, 0.6) is 11.5 Å². The molecule has 1 aromatic heterocycles. The summed E-state index contributed by atoms with van der Waals surface area (Å²) < 4.78 is 12.3. The van der Waals surface area contributed by atoms with Gasteiger partial charge in [0.15, 0.2) is 11.5 Å². The molecule has 1 aliphatic carbocycles. The second-order valence-electron chi connectivity index (χ2n) is 8.12. The van der Waals surface area contributed by atoms with Crippen LogP contribution in [0.4, 0.5) is 5.69 Å². The van der Waals surface area contributed by atoms with E-state index in [1.54, 1.807) is 12.4 Å². The summed E-state index contributed by atoms with van der Waals surface area (Å²) in [4.78, 5) is 25.1. The van der Waals surface area contributed by atoms with Crippen molar-refractivity contribution in [3.63, 3.8) is 0 Å². The Morgan fingerprint density at radius 1 is 1.21 bits per heavy atom. The Morgan fingerprint density at radius 3 is 2.76 bits per heavy atom. The van der Waals surface area contributed by atoms with E-state index in [4.69, 9.17) is 9.47 Å². The Hall–Kier alpha value is -3.03. The largest absolute Gasteiger partial charge is 0.454 e. The van der Waals surface area contributed by atoms with Crippen LogP contribution in [0.15, 0.2) is 30.6 Å². The van der Waals surface area contributed by atoms with Crippen molar-refractivity contribution in [1.29, 1.82) is 0 Å². The Kier molecular flexibility index (Phi) is 5.17. The summed E-state index contributed by atoms with van der Waals surface area (Å²) in [5.74, 6) is 1.09. The fraction of sp³-hybridized carbons (Fsp3) is 0.476. The summed E-state index contributed by atoms with van der Waals surface area (Å²) in [6, 6.07) is 5.79. The van der Waals surface area contributed by atoms with E-state index < -0.39 is 5.41 Å². The first kappa shape index (κ1) is 19.3. The molecule has 8 nitrogen and oxygen atoms in total. The minimum Gasteiger partial charge on any atom is -0.454 e. The highest BCUT2D eigenvalue weighted by Gasteiger charge is 2.32. The van der Waals surface area contributed by atoms with Crippen LogP contribution in [0.3, 0.4) is 0 Å². The van der Waals surface area contributed by atoms with Gasteiger partial charge in [0.05, 0.1) is 17.3 Å². The Bertz CT molecular complexity index is 915. The molecule has 0 unspecified atom stereocenters. The quantitative estimate of drug-likeness (QED) is 0.780. The van der Waals surface area contributed by atoms with Crippen LogP contribution >= 0.6 is 0 Å². The summed E-state index contributed by atoms with van der Waals surface area (Å²) in [6.45, 7) is 4.02. The molecule has 2 aliphatic rings. The van der Waals surface area contributed by atoms with Crippen molar-refractivity contribution < 1.29 is 19.1 Å². The molecular weight excluding hydrogens is 372 g/mol. The van der Waals surface area contributed by atoms with E-state index >= 15 is 0 Å². The predicted molar refractivity (Wildman–Crippen MR) is 107 cm³/mol. The molecule has 0 spiro atoms. The summed E-state index contributed by atoms with van der Waals surface area (Å²) in [7, 11) is 0. The minimum absolute atomic E-state index is 0.0569. The van der Waals surface area contributed by atoms with Crippen molar-refractivity contribution in [3.8, 4) is 11.5 Å². The van der Waals surface area contributed by atoms with Crippen LogP contribution in [0.25, 0.3) is 0 Å². The van der Waals surface area contributed by atoms with Crippen LogP contribution in [0.2, 0.25) is 0 Å². The fourth-order valence-electron chi connectivity index (χ4n) is 3.71. The monoisotopic (exact) mass is 398 g/mol. The number of anilines is 1. The number of nitrogens with one attached hydrogen (secondary N) is 2. The number of fused-ring (bicyclic) bond motifs is 1. The van der Waals surface area contributed by atoms with Crippen LogP contribution in [-0.2, 0) is 21.5 Å². The van der Waals surface area contributed by atoms with Gasteiger partial charge >= 0.3 is 0 Å². The summed E-state index contributed by atoms with van der Waals surface area (Å²) in [5, 5.41) is 10.1. The van der Waals surface area contributed by atoms with Crippen LogP contribution in [0, 0.1) is 0 Å². The SMILES string of the molecule is CC(C)(C(=O)Nc1cnn(CC(=O)NC2CCCC2)c1)c1ccc2c(c1)OCO2. The number of carbonyl (C=O) groups is 2. The van der Waals surface area contributed by atoms with Gasteiger partial charge in [-0.3, -0.25) is 14.3 Å². The van der Waals surface area contributed by atoms with Crippen molar-refractivity contribution >= 4 is 17.5 Å². The van der Waals surface area contributed by atoms with Gasteiger partial charge in [-0.15, -0.1) is 0 Å². The van der Waals surface area contributed by atoms with Gasteiger partial charge in [0.2, 0.25) is 18.6 Å². The standard InChI is InChI=1S/C21H26N4O4/c1-21(2,14-7-8-17-18(9-14)29-13-28-17)20(27)24-16-10-22-25(11-16)12-19(26)23-15-5-3-4-6-15/h7-11,15H,3-6,12-13H2,1-2H3,(H,23,26)(H,24,27). The van der Waals surface area contributed by atoms with Crippen LogP contribution < -0.4 is 20.1 Å². The van der Waals surface area contributed by atoms with Crippen LogP contribution in [-0.4, -0.2) is 34.4 Å². The Morgan fingerprint density at radius 2 is 1.97 bits per heavy atom. The van der Waals surface area contributed by atoms with Crippen molar-refractivity contribution in [2.24, 2.45) is 0 Å². The number of carbonyl (C=O) groups excluding carboxylic acids is 2. The zero-order chi connectivity index (χ0) is 20.4. The number of hydrogen-bond donors (Lipinski definition) is 2. The molecule has 2 heterocycles. The molecule has 2 N–H and O–H groups in total. The molecule has 29 heavy (non-hydrogen) atoms. The lowest BCUT2D eigenvalue weighted by Crippen LogP contribution is -2.35. The molecule has 0 saturated heterocycles. The third kappa shape index (κ3) is 4.21. The third-order valence-electron chi connectivity index (χ3n) is 5.58. The number of ether oxygens (including phenoxy) is 2. The number of amides is 2. The molecule has 1 aliphatic heterocycles. The maximum Gasteiger partial charge on any atom is 0.241 e. The first-order chi connectivity index (χ1) is 13.9. The smallest absolute Gasteiger partial charge is 0.241 e. The normalized spacial score (nSPS) is 16.1. The molecule has 0 bridgehead atoms. The number of nitrogens with zero attached hydrogens (tertiary/aromatic N) is 2.